The monoisotopic (exact) mass is 240 g/mol. The zero-order valence-corrected chi connectivity index (χ0v) is 9.83. The molecule has 17 heavy (non-hydrogen) atoms. The highest BCUT2D eigenvalue weighted by Crippen LogP contribution is 2.29. The highest BCUT2D eigenvalue weighted by molar-refractivity contribution is 5.41. The smallest absolute Gasteiger partial charge is 0.224 e. The predicted molar refractivity (Wildman–Crippen MR) is 63.4 cm³/mol. The number of anilines is 2. The minimum absolute atomic E-state index is 0.129. The molecule has 0 saturated heterocycles. The van der Waals surface area contributed by atoms with Crippen LogP contribution < -0.4 is 10.6 Å². The lowest BCUT2D eigenvalue weighted by atomic mass is 10.0. The zero-order valence-electron chi connectivity index (χ0n) is 9.83. The molecule has 0 unspecified atom stereocenters. The Morgan fingerprint density at radius 3 is 2.82 bits per heavy atom. The van der Waals surface area contributed by atoms with Gasteiger partial charge in [0.15, 0.2) is 11.6 Å². The van der Waals surface area contributed by atoms with Gasteiger partial charge in [-0.1, -0.05) is 12.8 Å². The number of nitrogens with zero attached hydrogens (tertiary/aromatic N) is 2. The van der Waals surface area contributed by atoms with E-state index in [1.165, 1.54) is 0 Å². The molecule has 1 aromatic heterocycles. The molecule has 1 aliphatic carbocycles. The summed E-state index contributed by atoms with van der Waals surface area (Å²) in [6.07, 6.45) is 4.66. The Kier molecular flexibility index (Phi) is 3.42. The number of hydrogen-bond donors (Lipinski definition) is 3. The van der Waals surface area contributed by atoms with Crippen LogP contribution in [0.25, 0.3) is 0 Å². The van der Waals surface area contributed by atoms with Crippen molar-refractivity contribution in [3.8, 4) is 0 Å². The fourth-order valence-electron chi connectivity index (χ4n) is 2.07. The number of halogens is 1. The van der Waals surface area contributed by atoms with Crippen molar-refractivity contribution in [3.63, 3.8) is 0 Å². The molecule has 1 aromatic rings. The molecule has 0 bridgehead atoms. The van der Waals surface area contributed by atoms with E-state index in [2.05, 4.69) is 20.6 Å². The first-order valence-corrected chi connectivity index (χ1v) is 5.79. The number of rotatable bonds is 4. The first-order chi connectivity index (χ1) is 8.13. The third-order valence-corrected chi connectivity index (χ3v) is 3.09. The van der Waals surface area contributed by atoms with Crippen LogP contribution in [0.1, 0.15) is 25.7 Å². The van der Waals surface area contributed by atoms with Crippen molar-refractivity contribution in [2.75, 3.05) is 24.2 Å². The lowest BCUT2D eigenvalue weighted by molar-refractivity contribution is 0.0613. The van der Waals surface area contributed by atoms with E-state index in [9.17, 15) is 9.50 Å². The third-order valence-electron chi connectivity index (χ3n) is 3.09. The third kappa shape index (κ3) is 2.82. The average Bonchev–Trinajstić information content (AvgIpc) is 2.76. The Labute approximate surface area is 99.5 Å². The summed E-state index contributed by atoms with van der Waals surface area (Å²) in [5, 5.41) is 15.7. The van der Waals surface area contributed by atoms with E-state index in [0.717, 1.165) is 31.9 Å². The van der Waals surface area contributed by atoms with Crippen LogP contribution in [-0.2, 0) is 0 Å². The van der Waals surface area contributed by atoms with E-state index in [0.29, 0.717) is 12.5 Å². The molecule has 0 aromatic carbocycles. The van der Waals surface area contributed by atoms with Gasteiger partial charge in [-0.05, 0) is 12.8 Å². The second kappa shape index (κ2) is 4.83. The molecular weight excluding hydrogens is 223 g/mol. The van der Waals surface area contributed by atoms with Gasteiger partial charge in [0.1, 0.15) is 0 Å². The minimum atomic E-state index is -0.725. The minimum Gasteiger partial charge on any atom is -0.388 e. The largest absolute Gasteiger partial charge is 0.388 e. The summed E-state index contributed by atoms with van der Waals surface area (Å²) in [5.41, 5.74) is -0.725. The van der Waals surface area contributed by atoms with Crippen molar-refractivity contribution in [2.45, 2.75) is 31.3 Å². The molecule has 2 rings (SSSR count). The molecular formula is C11H17FN4O. The average molecular weight is 240 g/mol. The maximum Gasteiger partial charge on any atom is 0.224 e. The summed E-state index contributed by atoms with van der Waals surface area (Å²) >= 11 is 0. The SMILES string of the molecule is CNc1ncc(F)c(NCC2(O)CCCC2)n1. The van der Waals surface area contributed by atoms with Crippen LogP contribution in [0.15, 0.2) is 6.20 Å². The Balaban J connectivity index is 2.02. The van der Waals surface area contributed by atoms with E-state index in [1.807, 2.05) is 0 Å². The molecule has 1 aliphatic rings. The highest BCUT2D eigenvalue weighted by Gasteiger charge is 2.31. The number of aromatic nitrogens is 2. The molecule has 3 N–H and O–H groups in total. The second-order valence-corrected chi connectivity index (χ2v) is 4.43. The van der Waals surface area contributed by atoms with Gasteiger partial charge in [0.2, 0.25) is 5.95 Å². The van der Waals surface area contributed by atoms with E-state index in [1.54, 1.807) is 7.05 Å². The van der Waals surface area contributed by atoms with Crippen LogP contribution in [0.2, 0.25) is 0 Å². The van der Waals surface area contributed by atoms with Gasteiger partial charge in [-0.3, -0.25) is 0 Å². The van der Waals surface area contributed by atoms with Gasteiger partial charge in [-0.2, -0.15) is 4.98 Å². The maximum absolute atomic E-state index is 13.4. The van der Waals surface area contributed by atoms with Crippen molar-refractivity contribution in [1.82, 2.24) is 9.97 Å². The molecule has 0 aliphatic heterocycles. The molecule has 0 radical (unpaired) electrons. The van der Waals surface area contributed by atoms with E-state index < -0.39 is 11.4 Å². The lowest BCUT2D eigenvalue weighted by Gasteiger charge is -2.22. The molecule has 0 amide bonds. The summed E-state index contributed by atoms with van der Waals surface area (Å²) in [4.78, 5) is 7.72. The molecule has 1 fully saturated rings. The second-order valence-electron chi connectivity index (χ2n) is 4.43. The van der Waals surface area contributed by atoms with Gasteiger partial charge in [0.25, 0.3) is 0 Å². The van der Waals surface area contributed by atoms with Gasteiger partial charge in [0, 0.05) is 13.6 Å². The Morgan fingerprint density at radius 2 is 2.18 bits per heavy atom. The number of aliphatic hydroxyl groups is 1. The van der Waals surface area contributed by atoms with E-state index in [4.69, 9.17) is 0 Å². The summed E-state index contributed by atoms with van der Waals surface area (Å²) in [5.74, 6) is -0.0254. The Morgan fingerprint density at radius 1 is 1.47 bits per heavy atom. The zero-order chi connectivity index (χ0) is 12.3. The van der Waals surface area contributed by atoms with Crippen LogP contribution >= 0.6 is 0 Å². The maximum atomic E-state index is 13.4. The Bertz CT molecular complexity index is 393. The quantitative estimate of drug-likeness (QED) is 0.741. The van der Waals surface area contributed by atoms with Gasteiger partial charge in [0.05, 0.1) is 11.8 Å². The number of hydrogen-bond acceptors (Lipinski definition) is 5. The highest BCUT2D eigenvalue weighted by atomic mass is 19.1. The van der Waals surface area contributed by atoms with Crippen molar-refractivity contribution >= 4 is 11.8 Å². The van der Waals surface area contributed by atoms with Crippen molar-refractivity contribution < 1.29 is 9.50 Å². The van der Waals surface area contributed by atoms with Crippen LogP contribution in [-0.4, -0.2) is 34.3 Å². The summed E-state index contributed by atoms with van der Waals surface area (Å²) in [6, 6.07) is 0. The first kappa shape index (κ1) is 12.0. The predicted octanol–water partition coefficient (Wildman–Crippen LogP) is 1.37. The first-order valence-electron chi connectivity index (χ1n) is 5.79. The molecule has 5 nitrogen and oxygen atoms in total. The Hall–Kier alpha value is -1.43. The van der Waals surface area contributed by atoms with Crippen LogP contribution in [0.5, 0.6) is 0 Å². The summed E-state index contributed by atoms with van der Waals surface area (Å²) in [6.45, 7) is 0.323. The van der Waals surface area contributed by atoms with Gasteiger partial charge < -0.3 is 15.7 Å². The lowest BCUT2D eigenvalue weighted by Crippen LogP contribution is -2.34. The van der Waals surface area contributed by atoms with Crippen molar-refractivity contribution in [3.05, 3.63) is 12.0 Å². The fourth-order valence-corrected chi connectivity index (χ4v) is 2.07. The van der Waals surface area contributed by atoms with Gasteiger partial charge in [-0.15, -0.1) is 0 Å². The molecule has 94 valence electrons. The summed E-state index contributed by atoms with van der Waals surface area (Å²) in [7, 11) is 1.67. The topological polar surface area (TPSA) is 70.1 Å². The van der Waals surface area contributed by atoms with E-state index in [-0.39, 0.29) is 5.82 Å². The van der Waals surface area contributed by atoms with Crippen LogP contribution in [0.4, 0.5) is 16.2 Å². The standard InChI is InChI=1S/C11H17FN4O/c1-13-10-14-6-8(12)9(16-10)15-7-11(17)4-2-3-5-11/h6,17H,2-5,7H2,1H3,(H2,13,14,15,16). The fraction of sp³-hybridized carbons (Fsp3) is 0.636. The molecule has 1 saturated carbocycles. The van der Waals surface area contributed by atoms with Crippen LogP contribution in [0, 0.1) is 5.82 Å². The number of nitrogens with one attached hydrogen (secondary N) is 2. The summed E-state index contributed by atoms with van der Waals surface area (Å²) < 4.78 is 13.4. The normalized spacial score (nSPS) is 18.1. The van der Waals surface area contributed by atoms with Gasteiger partial charge in [-0.25, -0.2) is 9.37 Å². The van der Waals surface area contributed by atoms with Crippen molar-refractivity contribution in [1.29, 1.82) is 0 Å². The van der Waals surface area contributed by atoms with Gasteiger partial charge >= 0.3 is 0 Å². The molecule has 1 heterocycles. The molecule has 0 atom stereocenters. The van der Waals surface area contributed by atoms with Crippen LogP contribution in [0.3, 0.4) is 0 Å². The van der Waals surface area contributed by atoms with Crippen molar-refractivity contribution in [2.24, 2.45) is 0 Å². The molecule has 6 heteroatoms. The molecule has 0 spiro atoms. The van der Waals surface area contributed by atoms with E-state index >= 15 is 0 Å².